The van der Waals surface area contributed by atoms with Crippen LogP contribution in [0.2, 0.25) is 0 Å². The number of carbonyl (C=O) groups excluding carboxylic acids is 1. The summed E-state index contributed by atoms with van der Waals surface area (Å²) in [6.07, 6.45) is 0. The van der Waals surface area contributed by atoms with Gasteiger partial charge in [-0.25, -0.2) is 0 Å². The molecule has 0 saturated heterocycles. The molecule has 0 fully saturated rings. The molecular formula is C13H31Cl2N3O2. The maximum atomic E-state index is 11.5. The van der Waals surface area contributed by atoms with Crippen molar-refractivity contribution in [3.63, 3.8) is 0 Å². The Morgan fingerprint density at radius 2 is 1.65 bits per heavy atom. The highest BCUT2D eigenvalue weighted by molar-refractivity contribution is 5.85. The van der Waals surface area contributed by atoms with Gasteiger partial charge in [0.1, 0.15) is 0 Å². The molecule has 2 N–H and O–H groups in total. The molecule has 1 amide bonds. The van der Waals surface area contributed by atoms with Gasteiger partial charge in [-0.1, -0.05) is 0 Å². The number of ether oxygens (including phenoxy) is 1. The quantitative estimate of drug-likeness (QED) is 0.592. The van der Waals surface area contributed by atoms with Crippen molar-refractivity contribution in [2.45, 2.75) is 39.8 Å². The van der Waals surface area contributed by atoms with Crippen molar-refractivity contribution in [2.24, 2.45) is 0 Å². The molecule has 5 nitrogen and oxygen atoms in total. The monoisotopic (exact) mass is 331 g/mol. The lowest BCUT2D eigenvalue weighted by molar-refractivity contribution is -0.120. The topological polar surface area (TPSA) is 53.6 Å². The fourth-order valence-electron chi connectivity index (χ4n) is 1.88. The minimum absolute atomic E-state index is 0. The molecule has 0 aliphatic heterocycles. The first-order valence-electron chi connectivity index (χ1n) is 6.71. The SMILES string of the molecule is COCCNCC(=O)NCCN(C(C)C)C(C)C.Cl.Cl. The third-order valence-corrected chi connectivity index (χ3v) is 2.79. The molecule has 0 bridgehead atoms. The molecule has 20 heavy (non-hydrogen) atoms. The van der Waals surface area contributed by atoms with E-state index in [2.05, 4.69) is 43.2 Å². The summed E-state index contributed by atoms with van der Waals surface area (Å²) < 4.78 is 4.89. The van der Waals surface area contributed by atoms with Crippen LogP contribution in [-0.4, -0.2) is 62.8 Å². The third-order valence-electron chi connectivity index (χ3n) is 2.79. The summed E-state index contributed by atoms with van der Waals surface area (Å²) in [5, 5.41) is 5.93. The molecule has 0 atom stereocenters. The van der Waals surface area contributed by atoms with Crippen LogP contribution in [0.25, 0.3) is 0 Å². The number of nitrogens with zero attached hydrogens (tertiary/aromatic N) is 1. The molecule has 0 unspecified atom stereocenters. The second-order valence-electron chi connectivity index (χ2n) is 4.94. The van der Waals surface area contributed by atoms with E-state index >= 15 is 0 Å². The fraction of sp³-hybridized carbons (Fsp3) is 0.923. The Bertz CT molecular complexity index is 222. The van der Waals surface area contributed by atoms with Gasteiger partial charge in [0, 0.05) is 38.8 Å². The molecule has 124 valence electrons. The van der Waals surface area contributed by atoms with Crippen LogP contribution in [0.3, 0.4) is 0 Å². The minimum atomic E-state index is 0. The number of nitrogens with one attached hydrogen (secondary N) is 2. The molecule has 0 radical (unpaired) electrons. The molecule has 7 heteroatoms. The number of amides is 1. The smallest absolute Gasteiger partial charge is 0.234 e. The highest BCUT2D eigenvalue weighted by atomic mass is 35.5. The summed E-state index contributed by atoms with van der Waals surface area (Å²) in [4.78, 5) is 13.9. The average molecular weight is 332 g/mol. The predicted octanol–water partition coefficient (Wildman–Crippen LogP) is 1.30. The number of carbonyl (C=O) groups is 1. The fourth-order valence-corrected chi connectivity index (χ4v) is 1.88. The van der Waals surface area contributed by atoms with Gasteiger partial charge in [0.25, 0.3) is 0 Å². The maximum absolute atomic E-state index is 11.5. The normalized spacial score (nSPS) is 10.4. The number of hydrogen-bond donors (Lipinski definition) is 2. The van der Waals surface area contributed by atoms with Crippen LogP contribution in [0.1, 0.15) is 27.7 Å². The Labute approximate surface area is 136 Å². The minimum Gasteiger partial charge on any atom is -0.383 e. The summed E-state index contributed by atoms with van der Waals surface area (Å²) in [7, 11) is 1.65. The van der Waals surface area contributed by atoms with Crippen LogP contribution in [0, 0.1) is 0 Å². The average Bonchev–Trinajstić information content (AvgIpc) is 2.29. The van der Waals surface area contributed by atoms with E-state index in [-0.39, 0.29) is 30.7 Å². The Kier molecular flexibility index (Phi) is 19.1. The molecule has 0 aliphatic carbocycles. The molecule has 0 heterocycles. The van der Waals surface area contributed by atoms with Gasteiger partial charge in [-0.2, -0.15) is 0 Å². The number of halogens is 2. The van der Waals surface area contributed by atoms with Gasteiger partial charge in [-0.05, 0) is 27.7 Å². The lowest BCUT2D eigenvalue weighted by atomic mass is 10.2. The van der Waals surface area contributed by atoms with Crippen molar-refractivity contribution >= 4 is 30.7 Å². The van der Waals surface area contributed by atoms with Crippen molar-refractivity contribution in [1.82, 2.24) is 15.5 Å². The van der Waals surface area contributed by atoms with E-state index in [9.17, 15) is 4.79 Å². The zero-order valence-corrected chi connectivity index (χ0v) is 14.9. The second kappa shape index (κ2) is 15.3. The third kappa shape index (κ3) is 12.9. The second-order valence-corrected chi connectivity index (χ2v) is 4.94. The highest BCUT2D eigenvalue weighted by Gasteiger charge is 2.12. The molecule has 0 saturated carbocycles. The molecule has 0 aromatic carbocycles. The van der Waals surface area contributed by atoms with Gasteiger partial charge in [-0.3, -0.25) is 9.69 Å². The van der Waals surface area contributed by atoms with Gasteiger partial charge < -0.3 is 15.4 Å². The van der Waals surface area contributed by atoms with E-state index in [0.29, 0.717) is 38.3 Å². The summed E-state index contributed by atoms with van der Waals surface area (Å²) in [5.41, 5.74) is 0. The number of methoxy groups -OCH3 is 1. The first-order valence-corrected chi connectivity index (χ1v) is 6.71. The summed E-state index contributed by atoms with van der Waals surface area (Å²) in [6.45, 7) is 12.0. The zero-order valence-electron chi connectivity index (χ0n) is 13.3. The standard InChI is InChI=1S/C13H29N3O2.2ClH/c1-11(2)16(12(3)4)8-6-15-13(17)10-14-7-9-18-5;;/h11-12,14H,6-10H2,1-5H3,(H,15,17);2*1H. The number of hydrogen-bond acceptors (Lipinski definition) is 4. The Hall–Kier alpha value is -0.0700. The van der Waals surface area contributed by atoms with Crippen LogP contribution >= 0.6 is 24.8 Å². The van der Waals surface area contributed by atoms with Crippen LogP contribution in [0.4, 0.5) is 0 Å². The van der Waals surface area contributed by atoms with Crippen molar-refractivity contribution in [2.75, 3.05) is 39.9 Å². The lowest BCUT2D eigenvalue weighted by Crippen LogP contribution is -2.44. The summed E-state index contributed by atoms with van der Waals surface area (Å²) in [6, 6.07) is 1.00. The van der Waals surface area contributed by atoms with Crippen LogP contribution in [-0.2, 0) is 9.53 Å². The van der Waals surface area contributed by atoms with Gasteiger partial charge in [0.15, 0.2) is 0 Å². The van der Waals surface area contributed by atoms with Gasteiger partial charge in [0.05, 0.1) is 13.2 Å². The van der Waals surface area contributed by atoms with Crippen molar-refractivity contribution < 1.29 is 9.53 Å². The van der Waals surface area contributed by atoms with Crippen molar-refractivity contribution in [1.29, 1.82) is 0 Å². The highest BCUT2D eigenvalue weighted by Crippen LogP contribution is 2.02. The van der Waals surface area contributed by atoms with Gasteiger partial charge in [-0.15, -0.1) is 24.8 Å². The lowest BCUT2D eigenvalue weighted by Gasteiger charge is -2.30. The van der Waals surface area contributed by atoms with Crippen molar-refractivity contribution in [3.05, 3.63) is 0 Å². The molecule has 0 aromatic rings. The molecule has 0 rings (SSSR count). The van der Waals surface area contributed by atoms with E-state index in [1.54, 1.807) is 7.11 Å². The van der Waals surface area contributed by atoms with Crippen LogP contribution in [0.5, 0.6) is 0 Å². The Morgan fingerprint density at radius 1 is 1.10 bits per heavy atom. The molecule has 0 aromatic heterocycles. The molecular weight excluding hydrogens is 301 g/mol. The Balaban J connectivity index is -0.00000144. The first kappa shape index (κ1) is 24.9. The van der Waals surface area contributed by atoms with E-state index in [0.717, 1.165) is 6.54 Å². The summed E-state index contributed by atoms with van der Waals surface area (Å²) in [5.74, 6) is 0.0403. The molecule has 0 aliphatic rings. The van der Waals surface area contributed by atoms with E-state index < -0.39 is 0 Å². The largest absolute Gasteiger partial charge is 0.383 e. The Morgan fingerprint density at radius 3 is 2.10 bits per heavy atom. The van der Waals surface area contributed by atoms with Crippen LogP contribution in [0.15, 0.2) is 0 Å². The first-order chi connectivity index (χ1) is 8.49. The summed E-state index contributed by atoms with van der Waals surface area (Å²) >= 11 is 0. The van der Waals surface area contributed by atoms with Gasteiger partial charge >= 0.3 is 0 Å². The van der Waals surface area contributed by atoms with E-state index in [1.165, 1.54) is 0 Å². The van der Waals surface area contributed by atoms with E-state index in [4.69, 9.17) is 4.74 Å². The van der Waals surface area contributed by atoms with Crippen molar-refractivity contribution in [3.8, 4) is 0 Å². The van der Waals surface area contributed by atoms with Gasteiger partial charge in [0.2, 0.25) is 5.91 Å². The van der Waals surface area contributed by atoms with E-state index in [1.807, 2.05) is 0 Å². The maximum Gasteiger partial charge on any atom is 0.234 e. The predicted molar refractivity (Wildman–Crippen MR) is 89.2 cm³/mol. The number of rotatable bonds is 10. The molecule has 0 spiro atoms. The zero-order chi connectivity index (χ0) is 14.0. The van der Waals surface area contributed by atoms with Crippen LogP contribution < -0.4 is 10.6 Å².